The highest BCUT2D eigenvalue weighted by atomic mass is 32.2. The Labute approximate surface area is 108 Å². The molecule has 5 nitrogen and oxygen atoms in total. The number of nitrogens with one attached hydrogen (secondary N) is 1. The number of aromatic amines is 1. The van der Waals surface area contributed by atoms with Crippen molar-refractivity contribution in [2.24, 2.45) is 0 Å². The molecular weight excluding hydrogens is 248 g/mol. The molecule has 90 valence electrons. The SMILES string of the molecule is COc1cccc(Sc2ncc3[nH]cnc3n2)c1. The number of ether oxygens (including phenoxy) is 1. The summed E-state index contributed by atoms with van der Waals surface area (Å²) in [5.74, 6) is 0.820. The number of hydrogen-bond donors (Lipinski definition) is 1. The second kappa shape index (κ2) is 4.66. The number of nitrogens with zero attached hydrogens (tertiary/aromatic N) is 3. The van der Waals surface area contributed by atoms with E-state index in [1.54, 1.807) is 19.6 Å². The van der Waals surface area contributed by atoms with Gasteiger partial charge in [0.1, 0.15) is 11.3 Å². The zero-order valence-corrected chi connectivity index (χ0v) is 10.4. The molecule has 0 saturated carbocycles. The van der Waals surface area contributed by atoms with Gasteiger partial charge < -0.3 is 9.72 Å². The smallest absolute Gasteiger partial charge is 0.194 e. The molecule has 1 aromatic carbocycles. The van der Waals surface area contributed by atoms with Crippen LogP contribution < -0.4 is 4.74 Å². The first-order valence-electron chi connectivity index (χ1n) is 5.33. The highest BCUT2D eigenvalue weighted by molar-refractivity contribution is 7.99. The van der Waals surface area contributed by atoms with Crippen molar-refractivity contribution in [2.75, 3.05) is 7.11 Å². The summed E-state index contributed by atoms with van der Waals surface area (Å²) < 4.78 is 5.18. The van der Waals surface area contributed by atoms with Crippen molar-refractivity contribution in [3.63, 3.8) is 0 Å². The molecule has 0 atom stereocenters. The molecule has 0 fully saturated rings. The molecule has 0 bridgehead atoms. The molecule has 0 unspecified atom stereocenters. The minimum atomic E-state index is 0.669. The number of methoxy groups -OCH3 is 1. The molecule has 1 N–H and O–H groups in total. The van der Waals surface area contributed by atoms with Crippen molar-refractivity contribution in [1.82, 2.24) is 19.9 Å². The summed E-state index contributed by atoms with van der Waals surface area (Å²) in [6, 6.07) is 7.78. The van der Waals surface area contributed by atoms with Gasteiger partial charge in [0.25, 0.3) is 0 Å². The Hall–Kier alpha value is -2.08. The van der Waals surface area contributed by atoms with Crippen LogP contribution in [0.1, 0.15) is 0 Å². The van der Waals surface area contributed by atoms with Crippen LogP contribution in [-0.4, -0.2) is 27.0 Å². The fourth-order valence-electron chi connectivity index (χ4n) is 1.54. The first kappa shape index (κ1) is 11.0. The molecular formula is C12H10N4OS. The van der Waals surface area contributed by atoms with Crippen molar-refractivity contribution in [3.8, 4) is 5.75 Å². The average molecular weight is 258 g/mol. The van der Waals surface area contributed by atoms with Crippen LogP contribution >= 0.6 is 11.8 Å². The Morgan fingerprint density at radius 2 is 2.22 bits per heavy atom. The molecule has 0 aliphatic heterocycles. The van der Waals surface area contributed by atoms with E-state index in [-0.39, 0.29) is 0 Å². The van der Waals surface area contributed by atoms with E-state index in [1.165, 1.54) is 11.8 Å². The molecule has 0 saturated heterocycles. The van der Waals surface area contributed by atoms with Crippen LogP contribution in [-0.2, 0) is 0 Å². The second-order valence-corrected chi connectivity index (χ2v) is 4.61. The van der Waals surface area contributed by atoms with E-state index in [2.05, 4.69) is 19.9 Å². The van der Waals surface area contributed by atoms with Gasteiger partial charge in [-0.3, -0.25) is 0 Å². The molecule has 0 radical (unpaired) electrons. The number of aromatic nitrogens is 4. The third-order valence-corrected chi connectivity index (χ3v) is 3.27. The van der Waals surface area contributed by atoms with E-state index in [9.17, 15) is 0 Å². The molecule has 0 spiro atoms. The zero-order chi connectivity index (χ0) is 12.4. The number of benzene rings is 1. The first-order chi connectivity index (χ1) is 8.85. The Bertz CT molecular complexity index is 682. The van der Waals surface area contributed by atoms with Crippen LogP contribution in [0.2, 0.25) is 0 Å². The monoisotopic (exact) mass is 258 g/mol. The fourth-order valence-corrected chi connectivity index (χ4v) is 2.31. The molecule has 3 aromatic rings. The third-order valence-electron chi connectivity index (χ3n) is 2.40. The topological polar surface area (TPSA) is 63.7 Å². The summed E-state index contributed by atoms with van der Waals surface area (Å²) in [6.45, 7) is 0. The van der Waals surface area contributed by atoms with Gasteiger partial charge in [-0.2, -0.15) is 0 Å². The van der Waals surface area contributed by atoms with E-state index in [1.807, 2.05) is 24.3 Å². The standard InChI is InChI=1S/C12H10N4OS/c1-17-8-3-2-4-9(5-8)18-12-13-6-10-11(16-12)15-7-14-10/h2-7H,1H3,(H,13,14,15,16). The number of H-pyrrole nitrogens is 1. The van der Waals surface area contributed by atoms with Gasteiger partial charge in [-0.15, -0.1) is 0 Å². The lowest BCUT2D eigenvalue weighted by molar-refractivity contribution is 0.413. The summed E-state index contributed by atoms with van der Waals surface area (Å²) >= 11 is 1.48. The predicted octanol–water partition coefficient (Wildman–Crippen LogP) is 2.51. The molecule has 18 heavy (non-hydrogen) atoms. The molecule has 2 aromatic heterocycles. The minimum absolute atomic E-state index is 0.669. The summed E-state index contributed by atoms with van der Waals surface area (Å²) in [7, 11) is 1.65. The zero-order valence-electron chi connectivity index (χ0n) is 9.62. The fraction of sp³-hybridized carbons (Fsp3) is 0.0833. The second-order valence-electron chi connectivity index (χ2n) is 3.57. The highest BCUT2D eigenvalue weighted by Gasteiger charge is 2.04. The number of fused-ring (bicyclic) bond motifs is 1. The lowest BCUT2D eigenvalue weighted by atomic mass is 10.3. The van der Waals surface area contributed by atoms with Gasteiger partial charge in [-0.25, -0.2) is 15.0 Å². The van der Waals surface area contributed by atoms with Crippen LogP contribution in [0.15, 0.2) is 46.8 Å². The predicted molar refractivity (Wildman–Crippen MR) is 68.8 cm³/mol. The molecule has 2 heterocycles. The van der Waals surface area contributed by atoms with Crippen molar-refractivity contribution < 1.29 is 4.74 Å². The van der Waals surface area contributed by atoms with Gasteiger partial charge in [0.2, 0.25) is 0 Å². The van der Waals surface area contributed by atoms with Crippen LogP contribution in [0.4, 0.5) is 0 Å². The van der Waals surface area contributed by atoms with E-state index in [4.69, 9.17) is 4.74 Å². The summed E-state index contributed by atoms with van der Waals surface area (Å²) in [5, 5.41) is 0.669. The van der Waals surface area contributed by atoms with Crippen molar-refractivity contribution in [2.45, 2.75) is 10.1 Å². The Morgan fingerprint density at radius 1 is 1.28 bits per heavy atom. The first-order valence-corrected chi connectivity index (χ1v) is 6.15. The van der Waals surface area contributed by atoms with E-state index in [0.717, 1.165) is 16.2 Å². The van der Waals surface area contributed by atoms with Crippen LogP contribution in [0.5, 0.6) is 5.75 Å². The quantitative estimate of drug-likeness (QED) is 0.731. The molecule has 3 rings (SSSR count). The Balaban J connectivity index is 1.90. The minimum Gasteiger partial charge on any atom is -0.497 e. The average Bonchev–Trinajstić information content (AvgIpc) is 2.86. The van der Waals surface area contributed by atoms with E-state index < -0.39 is 0 Å². The lowest BCUT2D eigenvalue weighted by Crippen LogP contribution is -1.87. The summed E-state index contributed by atoms with van der Waals surface area (Å²) in [6.07, 6.45) is 3.34. The van der Waals surface area contributed by atoms with Crippen LogP contribution in [0.25, 0.3) is 11.2 Å². The Kier molecular flexibility index (Phi) is 2.85. The van der Waals surface area contributed by atoms with E-state index in [0.29, 0.717) is 10.8 Å². The molecule has 6 heteroatoms. The number of rotatable bonds is 3. The van der Waals surface area contributed by atoms with Crippen molar-refractivity contribution in [1.29, 1.82) is 0 Å². The maximum Gasteiger partial charge on any atom is 0.194 e. The Morgan fingerprint density at radius 3 is 3.11 bits per heavy atom. The van der Waals surface area contributed by atoms with E-state index >= 15 is 0 Å². The van der Waals surface area contributed by atoms with Crippen molar-refractivity contribution in [3.05, 3.63) is 36.8 Å². The van der Waals surface area contributed by atoms with Gasteiger partial charge in [0.15, 0.2) is 10.8 Å². The third kappa shape index (κ3) is 2.14. The van der Waals surface area contributed by atoms with Gasteiger partial charge in [-0.05, 0) is 30.0 Å². The normalized spacial score (nSPS) is 10.7. The highest BCUT2D eigenvalue weighted by Crippen LogP contribution is 2.27. The molecule has 0 aliphatic rings. The van der Waals surface area contributed by atoms with Gasteiger partial charge in [0, 0.05) is 4.90 Å². The number of imidazole rings is 1. The largest absolute Gasteiger partial charge is 0.497 e. The maximum atomic E-state index is 5.18. The maximum absolute atomic E-state index is 5.18. The molecule has 0 amide bonds. The van der Waals surface area contributed by atoms with Gasteiger partial charge >= 0.3 is 0 Å². The van der Waals surface area contributed by atoms with Crippen LogP contribution in [0, 0.1) is 0 Å². The summed E-state index contributed by atoms with van der Waals surface area (Å²) in [4.78, 5) is 16.7. The molecule has 0 aliphatic carbocycles. The van der Waals surface area contributed by atoms with Crippen LogP contribution in [0.3, 0.4) is 0 Å². The van der Waals surface area contributed by atoms with Gasteiger partial charge in [-0.1, -0.05) is 6.07 Å². The lowest BCUT2D eigenvalue weighted by Gasteiger charge is -2.02. The summed E-state index contributed by atoms with van der Waals surface area (Å²) in [5.41, 5.74) is 1.51. The van der Waals surface area contributed by atoms with Gasteiger partial charge in [0.05, 0.1) is 19.6 Å². The van der Waals surface area contributed by atoms with Crippen molar-refractivity contribution >= 4 is 22.9 Å². The number of hydrogen-bond acceptors (Lipinski definition) is 5.